The van der Waals surface area contributed by atoms with Gasteiger partial charge in [0.15, 0.2) is 0 Å². The molecule has 0 saturated heterocycles. The van der Waals surface area contributed by atoms with E-state index in [2.05, 4.69) is 26.2 Å². The van der Waals surface area contributed by atoms with Gasteiger partial charge in [0.2, 0.25) is 0 Å². The zero-order chi connectivity index (χ0) is 12.4. The lowest BCUT2D eigenvalue weighted by Gasteiger charge is -2.03. The van der Waals surface area contributed by atoms with Crippen LogP contribution in [0.1, 0.15) is 24.4 Å². The number of nitrogens with zero attached hydrogens (tertiary/aromatic N) is 3. The molecule has 1 heterocycles. The zero-order valence-electron chi connectivity index (χ0n) is 9.07. The lowest BCUT2D eigenvalue weighted by molar-refractivity contribution is 0.785. The number of halogens is 3. The fraction of sp³-hybridized carbons (Fsp3) is 0.273. The van der Waals surface area contributed by atoms with Crippen LogP contribution in [0, 0.1) is 0 Å². The van der Waals surface area contributed by atoms with Gasteiger partial charge >= 0.3 is 0 Å². The molecule has 0 amide bonds. The topological polar surface area (TPSA) is 30.7 Å². The molecule has 1 unspecified atom stereocenters. The Morgan fingerprint density at radius 1 is 1.47 bits per heavy atom. The van der Waals surface area contributed by atoms with E-state index < -0.39 is 0 Å². The third kappa shape index (κ3) is 2.81. The van der Waals surface area contributed by atoms with Gasteiger partial charge in [0.05, 0.1) is 22.3 Å². The van der Waals surface area contributed by atoms with E-state index >= 15 is 0 Å². The first kappa shape index (κ1) is 12.9. The SMILES string of the molecule is CCC(Cl)c1cn(-c2cc(Br)ccc2Cl)nn1. The second kappa shape index (κ2) is 5.38. The van der Waals surface area contributed by atoms with Crippen LogP contribution in [-0.4, -0.2) is 15.0 Å². The second-order valence-corrected chi connectivity index (χ2v) is 5.41. The van der Waals surface area contributed by atoms with Gasteiger partial charge in [-0.05, 0) is 24.6 Å². The van der Waals surface area contributed by atoms with E-state index in [0.29, 0.717) is 5.02 Å². The third-order valence-electron chi connectivity index (χ3n) is 2.35. The zero-order valence-corrected chi connectivity index (χ0v) is 12.2. The van der Waals surface area contributed by atoms with Gasteiger partial charge in [0.25, 0.3) is 0 Å². The number of benzene rings is 1. The normalized spacial score (nSPS) is 12.7. The Morgan fingerprint density at radius 2 is 2.24 bits per heavy atom. The maximum absolute atomic E-state index is 6.11. The minimum Gasteiger partial charge on any atom is -0.219 e. The molecule has 0 fully saturated rings. The molecule has 0 aliphatic heterocycles. The van der Waals surface area contributed by atoms with Gasteiger partial charge in [0, 0.05) is 4.47 Å². The summed E-state index contributed by atoms with van der Waals surface area (Å²) in [6.45, 7) is 2.00. The molecule has 6 heteroatoms. The molecule has 0 aliphatic rings. The van der Waals surface area contributed by atoms with Gasteiger partial charge in [-0.15, -0.1) is 16.7 Å². The quantitative estimate of drug-likeness (QED) is 0.780. The van der Waals surface area contributed by atoms with Crippen LogP contribution < -0.4 is 0 Å². The number of rotatable bonds is 3. The summed E-state index contributed by atoms with van der Waals surface area (Å²) in [5.74, 6) is 0. The number of hydrogen-bond acceptors (Lipinski definition) is 2. The van der Waals surface area contributed by atoms with Gasteiger partial charge in [-0.25, -0.2) is 4.68 Å². The maximum Gasteiger partial charge on any atom is 0.101 e. The molecule has 1 aromatic carbocycles. The molecule has 1 aromatic heterocycles. The summed E-state index contributed by atoms with van der Waals surface area (Å²) in [7, 11) is 0. The van der Waals surface area contributed by atoms with Crippen LogP contribution >= 0.6 is 39.1 Å². The third-order valence-corrected chi connectivity index (χ3v) is 3.69. The molecule has 0 aliphatic carbocycles. The van der Waals surface area contributed by atoms with Crippen molar-refractivity contribution in [1.82, 2.24) is 15.0 Å². The van der Waals surface area contributed by atoms with E-state index in [1.165, 1.54) is 0 Å². The van der Waals surface area contributed by atoms with Gasteiger partial charge in [-0.3, -0.25) is 0 Å². The van der Waals surface area contributed by atoms with Crippen LogP contribution in [0.5, 0.6) is 0 Å². The van der Waals surface area contributed by atoms with Crippen molar-refractivity contribution in [2.45, 2.75) is 18.7 Å². The van der Waals surface area contributed by atoms with E-state index in [0.717, 1.165) is 22.3 Å². The Kier molecular flexibility index (Phi) is 4.07. The maximum atomic E-state index is 6.11. The van der Waals surface area contributed by atoms with E-state index in [9.17, 15) is 0 Å². The van der Waals surface area contributed by atoms with Crippen molar-refractivity contribution in [2.75, 3.05) is 0 Å². The summed E-state index contributed by atoms with van der Waals surface area (Å²) in [4.78, 5) is 0. The minimum atomic E-state index is -0.116. The molecule has 2 aromatic rings. The summed E-state index contributed by atoms with van der Waals surface area (Å²) in [6, 6.07) is 5.57. The molecular weight excluding hydrogens is 325 g/mol. The summed E-state index contributed by atoms with van der Waals surface area (Å²) >= 11 is 15.6. The predicted molar refractivity (Wildman–Crippen MR) is 73.0 cm³/mol. The van der Waals surface area contributed by atoms with Crippen LogP contribution in [0.2, 0.25) is 5.02 Å². The van der Waals surface area contributed by atoms with Crippen LogP contribution in [0.4, 0.5) is 0 Å². The average Bonchev–Trinajstić information content (AvgIpc) is 2.80. The lowest BCUT2D eigenvalue weighted by Crippen LogP contribution is -1.95. The number of aromatic nitrogens is 3. The van der Waals surface area contributed by atoms with Crippen LogP contribution in [0.25, 0.3) is 5.69 Å². The molecule has 0 bridgehead atoms. The first-order chi connectivity index (χ1) is 8.11. The van der Waals surface area contributed by atoms with Crippen LogP contribution in [0.15, 0.2) is 28.9 Å². The molecule has 0 N–H and O–H groups in total. The van der Waals surface area contributed by atoms with E-state index in [-0.39, 0.29) is 5.38 Å². The molecule has 17 heavy (non-hydrogen) atoms. The summed E-state index contributed by atoms with van der Waals surface area (Å²) in [5.41, 5.74) is 1.53. The molecule has 2 rings (SSSR count). The first-order valence-corrected chi connectivity index (χ1v) is 6.74. The smallest absolute Gasteiger partial charge is 0.101 e. The first-order valence-electron chi connectivity index (χ1n) is 5.13. The Balaban J connectivity index is 2.40. The van der Waals surface area contributed by atoms with E-state index in [4.69, 9.17) is 23.2 Å². The highest BCUT2D eigenvalue weighted by Crippen LogP contribution is 2.26. The van der Waals surface area contributed by atoms with Gasteiger partial charge in [-0.2, -0.15) is 0 Å². The Bertz CT molecular complexity index is 527. The Labute approximate surface area is 118 Å². The largest absolute Gasteiger partial charge is 0.219 e. The molecule has 3 nitrogen and oxygen atoms in total. The van der Waals surface area contributed by atoms with Crippen molar-refractivity contribution in [1.29, 1.82) is 0 Å². The summed E-state index contributed by atoms with van der Waals surface area (Å²) in [5, 5.41) is 8.58. The van der Waals surface area contributed by atoms with E-state index in [1.807, 2.05) is 19.1 Å². The van der Waals surface area contributed by atoms with Crippen molar-refractivity contribution in [3.63, 3.8) is 0 Å². The van der Waals surface area contributed by atoms with Crippen molar-refractivity contribution in [3.8, 4) is 5.69 Å². The molecule has 90 valence electrons. The fourth-order valence-electron chi connectivity index (χ4n) is 1.41. The second-order valence-electron chi connectivity index (χ2n) is 3.56. The lowest BCUT2D eigenvalue weighted by atomic mass is 10.2. The Morgan fingerprint density at radius 3 is 2.94 bits per heavy atom. The highest BCUT2D eigenvalue weighted by molar-refractivity contribution is 9.10. The van der Waals surface area contributed by atoms with Crippen molar-refractivity contribution in [3.05, 3.63) is 39.6 Å². The fourth-order valence-corrected chi connectivity index (χ4v) is 2.06. The van der Waals surface area contributed by atoms with Crippen LogP contribution in [0.3, 0.4) is 0 Å². The molecular formula is C11H10BrCl2N3. The minimum absolute atomic E-state index is 0.116. The average molecular weight is 335 g/mol. The van der Waals surface area contributed by atoms with Crippen LogP contribution in [-0.2, 0) is 0 Å². The van der Waals surface area contributed by atoms with Gasteiger partial charge in [-0.1, -0.05) is 39.7 Å². The highest BCUT2D eigenvalue weighted by atomic mass is 79.9. The molecule has 1 atom stereocenters. The predicted octanol–water partition coefficient (Wildman–Crippen LogP) is 4.37. The van der Waals surface area contributed by atoms with E-state index in [1.54, 1.807) is 16.9 Å². The Hall–Kier alpha value is -0.580. The monoisotopic (exact) mass is 333 g/mol. The van der Waals surface area contributed by atoms with Gasteiger partial charge in [0.1, 0.15) is 5.69 Å². The molecule has 0 radical (unpaired) electrons. The molecule has 0 spiro atoms. The van der Waals surface area contributed by atoms with Crippen molar-refractivity contribution >= 4 is 39.1 Å². The highest BCUT2D eigenvalue weighted by Gasteiger charge is 2.12. The van der Waals surface area contributed by atoms with Crippen molar-refractivity contribution in [2.24, 2.45) is 0 Å². The van der Waals surface area contributed by atoms with Gasteiger partial charge < -0.3 is 0 Å². The molecule has 0 saturated carbocycles. The summed E-state index contributed by atoms with van der Waals surface area (Å²) in [6.07, 6.45) is 2.61. The standard InChI is InChI=1S/C11H10BrCl2N3/c1-2-8(13)10-6-17(16-15-10)11-5-7(12)3-4-9(11)14/h3-6,8H,2H2,1H3. The van der Waals surface area contributed by atoms with Crippen molar-refractivity contribution < 1.29 is 0 Å². The number of hydrogen-bond donors (Lipinski definition) is 0. The summed E-state index contributed by atoms with van der Waals surface area (Å²) < 4.78 is 2.57. The number of alkyl halides is 1.